The molecule has 4 rings (SSSR count). The van der Waals surface area contributed by atoms with E-state index in [1.807, 2.05) is 7.05 Å². The lowest BCUT2D eigenvalue weighted by Gasteiger charge is -2.29. The molecule has 154 valence electrons. The van der Waals surface area contributed by atoms with E-state index < -0.39 is 0 Å². The number of ether oxygens (including phenoxy) is 1. The van der Waals surface area contributed by atoms with E-state index in [-0.39, 0.29) is 0 Å². The highest BCUT2D eigenvalue weighted by Gasteiger charge is 2.24. The summed E-state index contributed by atoms with van der Waals surface area (Å²) >= 11 is 0. The molecule has 0 saturated carbocycles. The number of hydrogen-bond acceptors (Lipinski definition) is 3. The smallest absolute Gasteiger partial charge is 0.193 e. The predicted molar refractivity (Wildman–Crippen MR) is 119 cm³/mol. The molecule has 29 heavy (non-hydrogen) atoms. The zero-order chi connectivity index (χ0) is 19.9. The van der Waals surface area contributed by atoms with Crippen LogP contribution in [0.15, 0.2) is 59.6 Å². The third-order valence-corrected chi connectivity index (χ3v) is 5.93. The van der Waals surface area contributed by atoms with E-state index in [2.05, 4.69) is 74.7 Å². The van der Waals surface area contributed by atoms with E-state index in [0.717, 1.165) is 58.3 Å². The molecule has 1 unspecified atom stereocenters. The molecule has 0 amide bonds. The molecule has 2 fully saturated rings. The fraction of sp³-hybridized carbons (Fsp3) is 0.458. The fourth-order valence-electron chi connectivity index (χ4n) is 4.30. The summed E-state index contributed by atoms with van der Waals surface area (Å²) in [5.41, 5.74) is 4.00. The van der Waals surface area contributed by atoms with Crippen LogP contribution >= 0.6 is 0 Å². The Morgan fingerprint density at radius 1 is 1.00 bits per heavy atom. The highest BCUT2D eigenvalue weighted by molar-refractivity contribution is 5.80. The number of likely N-dealkylation sites (tertiary alicyclic amines) is 1. The van der Waals surface area contributed by atoms with Crippen LogP contribution in [0.1, 0.15) is 17.5 Å². The van der Waals surface area contributed by atoms with Gasteiger partial charge in [-0.05, 0) is 42.0 Å². The molecule has 0 spiro atoms. The zero-order valence-electron chi connectivity index (χ0n) is 17.4. The highest BCUT2D eigenvalue weighted by Crippen LogP contribution is 2.21. The van der Waals surface area contributed by atoms with Gasteiger partial charge in [0, 0.05) is 45.5 Å². The largest absolute Gasteiger partial charge is 0.378 e. The molecule has 2 heterocycles. The first-order valence-electron chi connectivity index (χ1n) is 10.7. The number of benzene rings is 2. The van der Waals surface area contributed by atoms with Gasteiger partial charge in [0.05, 0.1) is 13.2 Å². The van der Waals surface area contributed by atoms with Crippen molar-refractivity contribution in [1.29, 1.82) is 0 Å². The molecule has 0 bridgehead atoms. The molecule has 2 aromatic carbocycles. The van der Waals surface area contributed by atoms with Crippen LogP contribution in [-0.2, 0) is 17.7 Å². The van der Waals surface area contributed by atoms with Crippen LogP contribution in [0.4, 0.5) is 5.69 Å². The summed E-state index contributed by atoms with van der Waals surface area (Å²) in [7, 11) is 1.88. The summed E-state index contributed by atoms with van der Waals surface area (Å²) in [6.45, 7) is 6.54. The number of nitrogens with one attached hydrogen (secondary N) is 1. The SMILES string of the molecule is CN=C(NCc1ccc(N2CCOCC2)cc1)N1CCC(Cc2ccccc2)C1. The van der Waals surface area contributed by atoms with Crippen molar-refractivity contribution in [3.63, 3.8) is 0 Å². The van der Waals surface area contributed by atoms with Gasteiger partial charge in [-0.2, -0.15) is 0 Å². The molecular weight excluding hydrogens is 360 g/mol. The molecule has 2 aromatic rings. The maximum absolute atomic E-state index is 5.44. The summed E-state index contributed by atoms with van der Waals surface area (Å²) < 4.78 is 5.44. The molecule has 0 aliphatic carbocycles. The molecule has 1 atom stereocenters. The first-order valence-corrected chi connectivity index (χ1v) is 10.7. The topological polar surface area (TPSA) is 40.1 Å². The van der Waals surface area contributed by atoms with Crippen molar-refractivity contribution in [2.45, 2.75) is 19.4 Å². The molecule has 0 radical (unpaired) electrons. The maximum atomic E-state index is 5.44. The second kappa shape index (κ2) is 9.79. The minimum absolute atomic E-state index is 0.698. The maximum Gasteiger partial charge on any atom is 0.193 e. The van der Waals surface area contributed by atoms with Crippen LogP contribution in [0.3, 0.4) is 0 Å². The van der Waals surface area contributed by atoms with Gasteiger partial charge in [-0.15, -0.1) is 0 Å². The minimum Gasteiger partial charge on any atom is -0.378 e. The second-order valence-corrected chi connectivity index (χ2v) is 7.96. The summed E-state index contributed by atoms with van der Waals surface area (Å²) in [6.07, 6.45) is 2.38. The Hall–Kier alpha value is -2.53. The highest BCUT2D eigenvalue weighted by atomic mass is 16.5. The fourth-order valence-corrected chi connectivity index (χ4v) is 4.30. The zero-order valence-corrected chi connectivity index (χ0v) is 17.4. The van der Waals surface area contributed by atoms with Gasteiger partial charge in [0.25, 0.3) is 0 Å². The van der Waals surface area contributed by atoms with Crippen LogP contribution in [0, 0.1) is 5.92 Å². The van der Waals surface area contributed by atoms with Gasteiger partial charge in [0.2, 0.25) is 0 Å². The number of morpholine rings is 1. The molecular formula is C24H32N4O. The standard InChI is InChI=1S/C24H32N4O/c1-25-24(28-12-11-22(19-28)17-20-5-3-2-4-6-20)26-18-21-7-9-23(10-8-21)27-13-15-29-16-14-27/h2-10,22H,11-19H2,1H3,(H,25,26). The van der Waals surface area contributed by atoms with Gasteiger partial charge in [-0.25, -0.2) is 0 Å². The van der Waals surface area contributed by atoms with Crippen molar-refractivity contribution in [3.05, 3.63) is 65.7 Å². The second-order valence-electron chi connectivity index (χ2n) is 7.96. The average Bonchev–Trinajstić information content (AvgIpc) is 3.24. The van der Waals surface area contributed by atoms with E-state index in [9.17, 15) is 0 Å². The van der Waals surface area contributed by atoms with Crippen LogP contribution in [-0.4, -0.2) is 57.3 Å². The molecule has 2 aliphatic heterocycles. The number of rotatable bonds is 5. The molecule has 1 N–H and O–H groups in total. The van der Waals surface area contributed by atoms with Crippen molar-refractivity contribution < 1.29 is 4.74 Å². The Kier molecular flexibility index (Phi) is 6.67. The van der Waals surface area contributed by atoms with E-state index >= 15 is 0 Å². The lowest BCUT2D eigenvalue weighted by atomic mass is 9.99. The van der Waals surface area contributed by atoms with Crippen molar-refractivity contribution in [2.24, 2.45) is 10.9 Å². The third kappa shape index (κ3) is 5.30. The summed E-state index contributed by atoms with van der Waals surface area (Å²) in [5, 5.41) is 3.55. The van der Waals surface area contributed by atoms with Gasteiger partial charge in [-0.1, -0.05) is 42.5 Å². The summed E-state index contributed by atoms with van der Waals surface area (Å²) in [5.74, 6) is 1.71. The Morgan fingerprint density at radius 2 is 1.76 bits per heavy atom. The number of nitrogens with zero attached hydrogens (tertiary/aromatic N) is 3. The van der Waals surface area contributed by atoms with Crippen LogP contribution in [0.2, 0.25) is 0 Å². The number of hydrogen-bond donors (Lipinski definition) is 1. The van der Waals surface area contributed by atoms with Crippen LogP contribution in [0.5, 0.6) is 0 Å². The Morgan fingerprint density at radius 3 is 2.48 bits per heavy atom. The Bertz CT molecular complexity index is 784. The Balaban J connectivity index is 1.27. The van der Waals surface area contributed by atoms with Crippen molar-refractivity contribution in [3.8, 4) is 0 Å². The minimum atomic E-state index is 0.698. The van der Waals surface area contributed by atoms with Gasteiger partial charge in [0.15, 0.2) is 5.96 Å². The quantitative estimate of drug-likeness (QED) is 0.627. The van der Waals surface area contributed by atoms with E-state index in [4.69, 9.17) is 4.74 Å². The number of aliphatic imine (C=N–C) groups is 1. The van der Waals surface area contributed by atoms with Gasteiger partial charge < -0.3 is 19.9 Å². The van der Waals surface area contributed by atoms with Crippen molar-refractivity contribution in [2.75, 3.05) is 51.3 Å². The van der Waals surface area contributed by atoms with E-state index in [1.54, 1.807) is 0 Å². The van der Waals surface area contributed by atoms with Crippen molar-refractivity contribution >= 4 is 11.6 Å². The number of guanidine groups is 1. The third-order valence-electron chi connectivity index (χ3n) is 5.93. The van der Waals surface area contributed by atoms with Crippen LogP contribution in [0.25, 0.3) is 0 Å². The van der Waals surface area contributed by atoms with Crippen molar-refractivity contribution in [1.82, 2.24) is 10.2 Å². The summed E-state index contributed by atoms with van der Waals surface area (Å²) in [6, 6.07) is 19.7. The van der Waals surface area contributed by atoms with Crippen LogP contribution < -0.4 is 10.2 Å². The van der Waals surface area contributed by atoms with Gasteiger partial charge in [-0.3, -0.25) is 4.99 Å². The predicted octanol–water partition coefficient (Wildman–Crippen LogP) is 3.16. The van der Waals surface area contributed by atoms with Gasteiger partial charge in [0.1, 0.15) is 0 Å². The lowest BCUT2D eigenvalue weighted by Crippen LogP contribution is -2.39. The molecule has 5 heteroatoms. The molecule has 2 saturated heterocycles. The molecule has 2 aliphatic rings. The number of anilines is 1. The van der Waals surface area contributed by atoms with E-state index in [1.165, 1.54) is 23.2 Å². The average molecular weight is 393 g/mol. The lowest BCUT2D eigenvalue weighted by molar-refractivity contribution is 0.122. The molecule has 5 nitrogen and oxygen atoms in total. The Labute approximate surface area is 174 Å². The van der Waals surface area contributed by atoms with E-state index in [0.29, 0.717) is 5.92 Å². The monoisotopic (exact) mass is 392 g/mol. The first kappa shape index (κ1) is 19.8. The molecule has 0 aromatic heterocycles. The first-order chi connectivity index (χ1) is 14.3. The van der Waals surface area contributed by atoms with Gasteiger partial charge >= 0.3 is 0 Å². The summed E-state index contributed by atoms with van der Waals surface area (Å²) in [4.78, 5) is 9.31. The normalized spacial score (nSPS) is 20.2.